The molecule has 0 bridgehead atoms. The smallest absolute Gasteiger partial charge is 0.269 e. The van der Waals surface area contributed by atoms with Gasteiger partial charge in [0.1, 0.15) is 6.61 Å². The first-order valence-electron chi connectivity index (χ1n) is 7.19. The minimum Gasteiger partial charge on any atom is -0.391 e. The number of amides is 1. The number of carbonyl (C=O) groups is 1. The highest BCUT2D eigenvalue weighted by molar-refractivity contribution is 5.91. The molecule has 8 heteroatoms. The lowest BCUT2D eigenvalue weighted by molar-refractivity contribution is -0.384. The first kappa shape index (κ1) is 17.8. The largest absolute Gasteiger partial charge is 0.391 e. The molecule has 8 nitrogen and oxygen atoms in total. The zero-order valence-corrected chi connectivity index (χ0v) is 13.0. The fourth-order valence-corrected chi connectivity index (χ4v) is 1.83. The lowest BCUT2D eigenvalue weighted by Gasteiger charge is -2.00. The summed E-state index contributed by atoms with van der Waals surface area (Å²) in [5.41, 5.74) is 3.88. The summed E-state index contributed by atoms with van der Waals surface area (Å²) >= 11 is 0. The van der Waals surface area contributed by atoms with Gasteiger partial charge < -0.3 is 4.84 Å². The Hall–Kier alpha value is -3.52. The Balaban J connectivity index is 1.84. The highest BCUT2D eigenvalue weighted by Gasteiger charge is 2.03. The van der Waals surface area contributed by atoms with Crippen molar-refractivity contribution in [2.45, 2.75) is 6.61 Å². The maximum atomic E-state index is 10.9. The zero-order valence-electron chi connectivity index (χ0n) is 13.0. The minimum atomic E-state index is -0.606. The Labute approximate surface area is 143 Å². The molecule has 0 aliphatic rings. The monoisotopic (exact) mass is 341 g/mol. The van der Waals surface area contributed by atoms with E-state index in [4.69, 9.17) is 10.0 Å². The molecule has 0 saturated carbocycles. The summed E-state index contributed by atoms with van der Waals surface area (Å²) in [7, 11) is 0. The predicted molar refractivity (Wildman–Crippen MR) is 90.9 cm³/mol. The van der Waals surface area contributed by atoms with Gasteiger partial charge in [-0.3, -0.25) is 20.1 Å². The number of non-ortho nitro benzene ring substituents is 1. The van der Waals surface area contributed by atoms with Gasteiger partial charge in [0, 0.05) is 18.2 Å². The zero-order chi connectivity index (χ0) is 18.1. The SMILES string of the molecule is O=C(/C=C/c1ccc(C=NOCc2ccc([N+](=O)[O-])cc2)cc1)NO. The Morgan fingerprint density at radius 2 is 1.80 bits per heavy atom. The molecule has 0 spiro atoms. The third kappa shape index (κ3) is 5.88. The highest BCUT2D eigenvalue weighted by atomic mass is 16.6. The number of hydrogen-bond acceptors (Lipinski definition) is 6. The number of nitrogens with zero attached hydrogens (tertiary/aromatic N) is 2. The maximum Gasteiger partial charge on any atom is 0.269 e. The summed E-state index contributed by atoms with van der Waals surface area (Å²) in [6.07, 6.45) is 4.29. The summed E-state index contributed by atoms with van der Waals surface area (Å²) in [4.78, 5) is 26.1. The van der Waals surface area contributed by atoms with Crippen LogP contribution < -0.4 is 5.48 Å². The average Bonchev–Trinajstić information content (AvgIpc) is 2.64. The fourth-order valence-electron chi connectivity index (χ4n) is 1.83. The number of benzene rings is 2. The van der Waals surface area contributed by atoms with E-state index in [0.29, 0.717) is 0 Å². The normalized spacial score (nSPS) is 10.9. The van der Waals surface area contributed by atoms with E-state index in [9.17, 15) is 14.9 Å². The van der Waals surface area contributed by atoms with Crippen molar-refractivity contribution in [3.05, 3.63) is 81.4 Å². The number of oxime groups is 1. The van der Waals surface area contributed by atoms with Crippen molar-refractivity contribution in [3.63, 3.8) is 0 Å². The number of hydrogen-bond donors (Lipinski definition) is 2. The fraction of sp³-hybridized carbons (Fsp3) is 0.0588. The maximum absolute atomic E-state index is 10.9. The molecule has 2 rings (SSSR count). The van der Waals surface area contributed by atoms with Crippen LogP contribution in [0.5, 0.6) is 0 Å². The Morgan fingerprint density at radius 1 is 1.16 bits per heavy atom. The van der Waals surface area contributed by atoms with E-state index in [1.807, 2.05) is 0 Å². The lowest BCUT2D eigenvalue weighted by Crippen LogP contribution is -2.14. The van der Waals surface area contributed by atoms with Crippen molar-refractivity contribution < 1.29 is 19.8 Å². The second kappa shape index (κ2) is 8.94. The molecule has 0 aliphatic carbocycles. The van der Waals surface area contributed by atoms with Crippen LogP contribution in [0.15, 0.2) is 59.8 Å². The number of nitro benzene ring substituents is 1. The van der Waals surface area contributed by atoms with Crippen molar-refractivity contribution >= 4 is 23.9 Å². The van der Waals surface area contributed by atoms with Crippen LogP contribution in [0.25, 0.3) is 6.08 Å². The molecular weight excluding hydrogens is 326 g/mol. The van der Waals surface area contributed by atoms with Gasteiger partial charge in [0.05, 0.1) is 11.1 Å². The van der Waals surface area contributed by atoms with Gasteiger partial charge in [0.25, 0.3) is 11.6 Å². The van der Waals surface area contributed by atoms with Crippen LogP contribution in [0.4, 0.5) is 5.69 Å². The molecular formula is C17H15N3O5. The average molecular weight is 341 g/mol. The second-order valence-electron chi connectivity index (χ2n) is 4.91. The number of nitrogens with one attached hydrogen (secondary N) is 1. The summed E-state index contributed by atoms with van der Waals surface area (Å²) in [6, 6.07) is 13.2. The lowest BCUT2D eigenvalue weighted by atomic mass is 10.1. The van der Waals surface area contributed by atoms with E-state index in [0.717, 1.165) is 16.7 Å². The van der Waals surface area contributed by atoms with Gasteiger partial charge in [0.15, 0.2) is 0 Å². The Morgan fingerprint density at radius 3 is 2.40 bits per heavy atom. The molecule has 0 fully saturated rings. The summed E-state index contributed by atoms with van der Waals surface area (Å²) in [6.45, 7) is 0.200. The molecule has 0 unspecified atom stereocenters. The van der Waals surface area contributed by atoms with E-state index in [2.05, 4.69) is 5.16 Å². The number of rotatable bonds is 7. The quantitative estimate of drug-likeness (QED) is 0.264. The first-order chi connectivity index (χ1) is 12.1. The van der Waals surface area contributed by atoms with Crippen molar-refractivity contribution in [2.75, 3.05) is 0 Å². The van der Waals surface area contributed by atoms with Gasteiger partial charge in [-0.1, -0.05) is 29.4 Å². The summed E-state index contributed by atoms with van der Waals surface area (Å²) < 4.78 is 0. The molecule has 2 aromatic rings. The van der Waals surface area contributed by atoms with E-state index in [1.165, 1.54) is 29.9 Å². The summed E-state index contributed by atoms with van der Waals surface area (Å²) in [5, 5.41) is 22.8. The second-order valence-corrected chi connectivity index (χ2v) is 4.91. The van der Waals surface area contributed by atoms with Crippen LogP contribution in [0.3, 0.4) is 0 Å². The van der Waals surface area contributed by atoms with Crippen LogP contribution in [0.1, 0.15) is 16.7 Å². The Kier molecular flexibility index (Phi) is 6.38. The molecule has 0 saturated heterocycles. The van der Waals surface area contributed by atoms with Crippen LogP contribution >= 0.6 is 0 Å². The molecule has 2 N–H and O–H groups in total. The van der Waals surface area contributed by atoms with E-state index in [1.54, 1.807) is 42.5 Å². The minimum absolute atomic E-state index is 0.0258. The van der Waals surface area contributed by atoms with Crippen LogP contribution in [0, 0.1) is 10.1 Å². The van der Waals surface area contributed by atoms with Gasteiger partial charge in [-0.05, 0) is 34.9 Å². The van der Waals surface area contributed by atoms with Gasteiger partial charge in [0.2, 0.25) is 0 Å². The van der Waals surface area contributed by atoms with Crippen LogP contribution in [-0.2, 0) is 16.2 Å². The van der Waals surface area contributed by atoms with Gasteiger partial charge >= 0.3 is 0 Å². The third-order valence-electron chi connectivity index (χ3n) is 3.13. The number of hydroxylamine groups is 1. The standard InChI is InChI=1S/C17H15N3O5/c21-17(19-22)10-7-13-1-3-14(4-2-13)11-18-25-12-15-5-8-16(9-6-15)20(23)24/h1-11,22H,12H2,(H,19,21)/b10-7+,18-11?. The van der Waals surface area contributed by atoms with Crippen LogP contribution in [0.2, 0.25) is 0 Å². The van der Waals surface area contributed by atoms with E-state index < -0.39 is 10.8 Å². The molecule has 2 aromatic carbocycles. The predicted octanol–water partition coefficient (Wildman–Crippen LogP) is 2.66. The molecule has 0 aliphatic heterocycles. The van der Waals surface area contributed by atoms with E-state index >= 15 is 0 Å². The van der Waals surface area contributed by atoms with E-state index in [-0.39, 0.29) is 12.3 Å². The molecule has 0 aromatic heterocycles. The molecule has 1 amide bonds. The van der Waals surface area contributed by atoms with Crippen molar-refractivity contribution in [3.8, 4) is 0 Å². The summed E-state index contributed by atoms with van der Waals surface area (Å²) in [5.74, 6) is -0.606. The number of nitro groups is 1. The van der Waals surface area contributed by atoms with Gasteiger partial charge in [-0.15, -0.1) is 0 Å². The van der Waals surface area contributed by atoms with Crippen molar-refractivity contribution in [2.24, 2.45) is 5.16 Å². The third-order valence-corrected chi connectivity index (χ3v) is 3.13. The topological polar surface area (TPSA) is 114 Å². The highest BCUT2D eigenvalue weighted by Crippen LogP contribution is 2.12. The van der Waals surface area contributed by atoms with Crippen LogP contribution in [-0.4, -0.2) is 22.3 Å². The van der Waals surface area contributed by atoms with Gasteiger partial charge in [-0.2, -0.15) is 0 Å². The molecule has 25 heavy (non-hydrogen) atoms. The van der Waals surface area contributed by atoms with Gasteiger partial charge in [-0.25, -0.2) is 5.48 Å². The van der Waals surface area contributed by atoms with Crippen molar-refractivity contribution in [1.29, 1.82) is 0 Å². The molecule has 0 atom stereocenters. The molecule has 0 heterocycles. The molecule has 0 radical (unpaired) electrons. The Bertz CT molecular complexity index is 783. The molecule has 128 valence electrons. The van der Waals surface area contributed by atoms with Crippen molar-refractivity contribution in [1.82, 2.24) is 5.48 Å². The first-order valence-corrected chi connectivity index (χ1v) is 7.19. The number of carbonyl (C=O) groups excluding carboxylic acids is 1.